The second-order valence-corrected chi connectivity index (χ2v) is 4.37. The molecule has 0 radical (unpaired) electrons. The molecule has 4 heteroatoms. The molecule has 0 aliphatic heterocycles. The summed E-state index contributed by atoms with van der Waals surface area (Å²) in [5.41, 5.74) is 6.45. The first-order valence-corrected chi connectivity index (χ1v) is 5.77. The summed E-state index contributed by atoms with van der Waals surface area (Å²) in [4.78, 5) is 0. The topological polar surface area (TPSA) is 61.3 Å². The Morgan fingerprint density at radius 3 is 2.88 bits per heavy atom. The van der Waals surface area contributed by atoms with E-state index in [1.54, 1.807) is 6.07 Å². The first-order valence-electron chi connectivity index (χ1n) is 5.77. The molecule has 1 saturated carbocycles. The average Bonchev–Trinajstić information content (AvgIpc) is 3.08. The van der Waals surface area contributed by atoms with Crippen LogP contribution in [-0.4, -0.2) is 11.8 Å². The maximum atomic E-state index is 5.80. The van der Waals surface area contributed by atoms with Gasteiger partial charge in [0.2, 0.25) is 0 Å². The quantitative estimate of drug-likeness (QED) is 0.877. The van der Waals surface area contributed by atoms with E-state index in [1.807, 2.05) is 24.3 Å². The van der Waals surface area contributed by atoms with E-state index in [2.05, 4.69) is 5.16 Å². The Hall–Kier alpha value is -1.97. The normalized spacial score (nSPS) is 14.8. The number of nitrogen functional groups attached to an aromatic ring is 1. The highest BCUT2D eigenvalue weighted by atomic mass is 16.5. The predicted molar refractivity (Wildman–Crippen MR) is 64.6 cm³/mol. The monoisotopic (exact) mass is 230 g/mol. The van der Waals surface area contributed by atoms with Crippen LogP contribution in [0.3, 0.4) is 0 Å². The number of anilines is 1. The van der Waals surface area contributed by atoms with Crippen molar-refractivity contribution >= 4 is 5.82 Å². The zero-order valence-corrected chi connectivity index (χ0v) is 9.43. The minimum atomic E-state index is 0.386. The van der Waals surface area contributed by atoms with Crippen molar-refractivity contribution in [2.24, 2.45) is 5.92 Å². The van der Waals surface area contributed by atoms with Crippen molar-refractivity contribution in [2.45, 2.75) is 12.8 Å². The number of nitrogens with two attached hydrogens (primary N) is 1. The summed E-state index contributed by atoms with van der Waals surface area (Å²) in [5, 5.41) is 3.69. The van der Waals surface area contributed by atoms with Gasteiger partial charge in [-0.3, -0.25) is 0 Å². The highest BCUT2D eigenvalue weighted by molar-refractivity contribution is 5.67. The molecule has 2 N–H and O–H groups in total. The van der Waals surface area contributed by atoms with E-state index in [1.165, 1.54) is 12.8 Å². The van der Waals surface area contributed by atoms with Gasteiger partial charge in [-0.25, -0.2) is 0 Å². The summed E-state index contributed by atoms with van der Waals surface area (Å²) in [5.74, 6) is 2.59. The van der Waals surface area contributed by atoms with Crippen molar-refractivity contribution in [1.29, 1.82) is 0 Å². The molecule has 2 aromatic rings. The Morgan fingerprint density at radius 1 is 1.35 bits per heavy atom. The van der Waals surface area contributed by atoms with Crippen molar-refractivity contribution in [1.82, 2.24) is 5.16 Å². The van der Waals surface area contributed by atoms with E-state index >= 15 is 0 Å². The van der Waals surface area contributed by atoms with Crippen molar-refractivity contribution in [3.63, 3.8) is 0 Å². The average molecular weight is 230 g/mol. The summed E-state index contributed by atoms with van der Waals surface area (Å²) >= 11 is 0. The van der Waals surface area contributed by atoms with Crippen molar-refractivity contribution in [3.8, 4) is 17.1 Å². The second-order valence-electron chi connectivity index (χ2n) is 4.37. The molecule has 0 saturated heterocycles. The molecule has 0 amide bonds. The first kappa shape index (κ1) is 10.2. The summed E-state index contributed by atoms with van der Waals surface area (Å²) < 4.78 is 11.0. The van der Waals surface area contributed by atoms with E-state index in [4.69, 9.17) is 15.0 Å². The number of nitrogens with zero attached hydrogens (tertiary/aromatic N) is 1. The summed E-state index contributed by atoms with van der Waals surface area (Å²) in [6, 6.07) is 9.49. The zero-order chi connectivity index (χ0) is 11.7. The zero-order valence-electron chi connectivity index (χ0n) is 9.43. The number of para-hydroxylation sites is 1. The Kier molecular flexibility index (Phi) is 2.48. The van der Waals surface area contributed by atoms with E-state index in [9.17, 15) is 0 Å². The number of benzene rings is 1. The Bertz CT molecular complexity index is 518. The van der Waals surface area contributed by atoms with Crippen LogP contribution in [0.25, 0.3) is 11.3 Å². The smallest absolute Gasteiger partial charge is 0.172 e. The number of rotatable bonds is 4. The van der Waals surface area contributed by atoms with Crippen LogP contribution in [-0.2, 0) is 0 Å². The van der Waals surface area contributed by atoms with Gasteiger partial charge in [-0.2, -0.15) is 0 Å². The molecule has 0 spiro atoms. The van der Waals surface area contributed by atoms with Gasteiger partial charge in [0.1, 0.15) is 5.75 Å². The molecule has 1 aromatic carbocycles. The lowest BCUT2D eigenvalue weighted by atomic mass is 10.1. The van der Waals surface area contributed by atoms with Crippen LogP contribution in [0.1, 0.15) is 12.8 Å². The molecule has 0 unspecified atom stereocenters. The molecule has 1 fully saturated rings. The number of hydrogen-bond acceptors (Lipinski definition) is 4. The van der Waals surface area contributed by atoms with Crippen molar-refractivity contribution < 1.29 is 9.26 Å². The molecule has 4 nitrogen and oxygen atoms in total. The fraction of sp³-hybridized carbons (Fsp3) is 0.308. The van der Waals surface area contributed by atoms with E-state index in [0.717, 1.165) is 23.8 Å². The fourth-order valence-corrected chi connectivity index (χ4v) is 1.70. The van der Waals surface area contributed by atoms with Gasteiger partial charge in [0.25, 0.3) is 0 Å². The van der Waals surface area contributed by atoms with E-state index in [0.29, 0.717) is 11.6 Å². The summed E-state index contributed by atoms with van der Waals surface area (Å²) in [7, 11) is 0. The number of ether oxygens (including phenoxy) is 1. The number of hydrogen-bond donors (Lipinski definition) is 1. The van der Waals surface area contributed by atoms with Gasteiger partial charge in [0.15, 0.2) is 11.6 Å². The van der Waals surface area contributed by atoms with Crippen molar-refractivity contribution in [2.75, 3.05) is 12.3 Å². The van der Waals surface area contributed by atoms with Crippen LogP contribution in [0.5, 0.6) is 5.75 Å². The molecule has 0 atom stereocenters. The third-order valence-corrected chi connectivity index (χ3v) is 2.85. The second kappa shape index (κ2) is 4.13. The molecular weight excluding hydrogens is 216 g/mol. The third-order valence-electron chi connectivity index (χ3n) is 2.85. The van der Waals surface area contributed by atoms with Gasteiger partial charge >= 0.3 is 0 Å². The molecule has 3 rings (SSSR count). The Balaban J connectivity index is 1.86. The van der Waals surface area contributed by atoms with Gasteiger partial charge < -0.3 is 15.0 Å². The minimum absolute atomic E-state index is 0.386. The standard InChI is InChI=1S/C13H14N2O2/c14-13-7-12(17-15-13)10-3-1-2-4-11(10)16-8-9-5-6-9/h1-4,7,9H,5-6,8H2,(H2,14,15). The molecule has 1 aliphatic carbocycles. The minimum Gasteiger partial charge on any atom is -0.493 e. The molecule has 17 heavy (non-hydrogen) atoms. The molecular formula is C13H14N2O2. The predicted octanol–water partition coefficient (Wildman–Crippen LogP) is 2.71. The third kappa shape index (κ3) is 2.25. The maximum Gasteiger partial charge on any atom is 0.172 e. The lowest BCUT2D eigenvalue weighted by molar-refractivity contribution is 0.299. The largest absolute Gasteiger partial charge is 0.493 e. The Morgan fingerprint density at radius 2 is 2.18 bits per heavy atom. The molecule has 0 bridgehead atoms. The van der Waals surface area contributed by atoms with E-state index in [-0.39, 0.29) is 0 Å². The summed E-state index contributed by atoms with van der Waals surface area (Å²) in [6.45, 7) is 0.778. The lowest BCUT2D eigenvalue weighted by Gasteiger charge is -2.08. The van der Waals surface area contributed by atoms with Gasteiger partial charge in [-0.05, 0) is 30.9 Å². The molecule has 1 heterocycles. The molecule has 1 aromatic heterocycles. The van der Waals surface area contributed by atoms with Gasteiger partial charge in [0, 0.05) is 6.07 Å². The highest BCUT2D eigenvalue weighted by Crippen LogP contribution is 2.34. The van der Waals surface area contributed by atoms with Crippen LogP contribution < -0.4 is 10.5 Å². The first-order chi connectivity index (χ1) is 8.33. The van der Waals surface area contributed by atoms with Crippen LogP contribution in [0.2, 0.25) is 0 Å². The van der Waals surface area contributed by atoms with Gasteiger partial charge in [-0.1, -0.05) is 17.3 Å². The van der Waals surface area contributed by atoms with Crippen LogP contribution in [0.15, 0.2) is 34.9 Å². The Labute approximate surface area is 99.4 Å². The van der Waals surface area contributed by atoms with Gasteiger partial charge in [0.05, 0.1) is 12.2 Å². The number of aromatic nitrogens is 1. The van der Waals surface area contributed by atoms with Crippen LogP contribution in [0.4, 0.5) is 5.82 Å². The summed E-state index contributed by atoms with van der Waals surface area (Å²) in [6.07, 6.45) is 2.55. The molecule has 1 aliphatic rings. The van der Waals surface area contributed by atoms with Crippen LogP contribution >= 0.6 is 0 Å². The van der Waals surface area contributed by atoms with E-state index < -0.39 is 0 Å². The SMILES string of the molecule is Nc1cc(-c2ccccc2OCC2CC2)on1. The van der Waals surface area contributed by atoms with Crippen molar-refractivity contribution in [3.05, 3.63) is 30.3 Å². The lowest BCUT2D eigenvalue weighted by Crippen LogP contribution is -1.99. The molecule has 88 valence electrons. The fourth-order valence-electron chi connectivity index (χ4n) is 1.70. The highest BCUT2D eigenvalue weighted by Gasteiger charge is 2.22. The maximum absolute atomic E-state index is 5.80. The van der Waals surface area contributed by atoms with Crippen LogP contribution in [0, 0.1) is 5.92 Å². The van der Waals surface area contributed by atoms with Gasteiger partial charge in [-0.15, -0.1) is 0 Å².